The molecule has 1 heterocycles. The SMILES string of the molecule is Cc1ccc(CN2C(=O)C(O)(CC(=O)c3ccccc3)c3cc(Cl)ccc32)c(C)c1. The third-order valence-electron chi connectivity index (χ3n) is 5.63. The molecule has 3 aromatic carbocycles. The number of aliphatic hydroxyl groups is 1. The second-order valence-corrected chi connectivity index (χ2v) is 8.25. The lowest BCUT2D eigenvalue weighted by Gasteiger charge is -2.23. The van der Waals surface area contributed by atoms with E-state index in [-0.39, 0.29) is 12.2 Å². The molecule has 3 aromatic rings. The smallest absolute Gasteiger partial charge is 0.264 e. The van der Waals surface area contributed by atoms with Crippen molar-refractivity contribution in [2.75, 3.05) is 4.90 Å². The van der Waals surface area contributed by atoms with E-state index in [4.69, 9.17) is 11.6 Å². The highest BCUT2D eigenvalue weighted by Crippen LogP contribution is 2.44. The molecule has 1 atom stereocenters. The molecule has 1 N–H and O–H groups in total. The summed E-state index contributed by atoms with van der Waals surface area (Å²) in [5, 5.41) is 11.9. The highest BCUT2D eigenvalue weighted by molar-refractivity contribution is 6.31. The van der Waals surface area contributed by atoms with Crippen molar-refractivity contribution in [3.05, 3.63) is 99.6 Å². The number of carbonyl (C=O) groups is 2. The predicted octanol–water partition coefficient (Wildman–Crippen LogP) is 4.96. The van der Waals surface area contributed by atoms with E-state index in [0.29, 0.717) is 28.4 Å². The Morgan fingerprint density at radius 2 is 1.77 bits per heavy atom. The Bertz CT molecular complexity index is 1140. The maximum absolute atomic E-state index is 13.4. The van der Waals surface area contributed by atoms with Crippen LogP contribution < -0.4 is 4.90 Å². The van der Waals surface area contributed by atoms with Crippen molar-refractivity contribution >= 4 is 29.0 Å². The van der Waals surface area contributed by atoms with Crippen LogP contribution in [0.3, 0.4) is 0 Å². The first-order valence-electron chi connectivity index (χ1n) is 9.78. The monoisotopic (exact) mass is 419 g/mol. The highest BCUT2D eigenvalue weighted by atomic mass is 35.5. The molecule has 1 amide bonds. The summed E-state index contributed by atoms with van der Waals surface area (Å²) in [6, 6.07) is 19.7. The number of ketones is 1. The summed E-state index contributed by atoms with van der Waals surface area (Å²) < 4.78 is 0. The van der Waals surface area contributed by atoms with Gasteiger partial charge in [0.15, 0.2) is 11.4 Å². The Hall–Kier alpha value is -2.95. The minimum atomic E-state index is -1.95. The minimum absolute atomic E-state index is 0.300. The van der Waals surface area contributed by atoms with Crippen molar-refractivity contribution < 1.29 is 14.7 Å². The molecular formula is C25H22ClNO3. The molecule has 0 spiro atoms. The summed E-state index contributed by atoms with van der Waals surface area (Å²) in [6.07, 6.45) is -0.341. The quantitative estimate of drug-likeness (QED) is 0.594. The van der Waals surface area contributed by atoms with Crippen molar-refractivity contribution in [1.82, 2.24) is 0 Å². The average molecular weight is 420 g/mol. The van der Waals surface area contributed by atoms with E-state index in [2.05, 4.69) is 6.07 Å². The number of carbonyl (C=O) groups excluding carboxylic acids is 2. The summed E-state index contributed by atoms with van der Waals surface area (Å²) in [5.74, 6) is -0.810. The van der Waals surface area contributed by atoms with Crippen molar-refractivity contribution in [3.8, 4) is 0 Å². The number of Topliss-reactive ketones (excluding diaryl/α,β-unsaturated/α-hetero) is 1. The fraction of sp³-hybridized carbons (Fsp3) is 0.200. The number of hydrogen-bond donors (Lipinski definition) is 1. The highest BCUT2D eigenvalue weighted by Gasteiger charge is 2.51. The van der Waals surface area contributed by atoms with E-state index in [1.54, 1.807) is 47.4 Å². The first-order chi connectivity index (χ1) is 14.3. The molecule has 4 nitrogen and oxygen atoms in total. The number of anilines is 1. The Morgan fingerprint density at radius 3 is 2.47 bits per heavy atom. The molecule has 1 aliphatic heterocycles. The molecule has 4 rings (SSSR count). The average Bonchev–Trinajstić information content (AvgIpc) is 2.92. The van der Waals surface area contributed by atoms with E-state index < -0.39 is 11.5 Å². The summed E-state index contributed by atoms with van der Waals surface area (Å²) in [5.41, 5.74) is 2.63. The van der Waals surface area contributed by atoms with E-state index in [1.807, 2.05) is 32.0 Å². The minimum Gasteiger partial charge on any atom is -0.375 e. The van der Waals surface area contributed by atoms with Crippen LogP contribution in [0.4, 0.5) is 5.69 Å². The van der Waals surface area contributed by atoms with Gasteiger partial charge in [-0.1, -0.05) is 65.7 Å². The van der Waals surface area contributed by atoms with Gasteiger partial charge in [-0.15, -0.1) is 0 Å². The molecule has 0 aromatic heterocycles. The molecule has 0 radical (unpaired) electrons. The van der Waals surface area contributed by atoms with Gasteiger partial charge in [0.2, 0.25) is 0 Å². The van der Waals surface area contributed by atoms with Crippen LogP contribution in [0.25, 0.3) is 0 Å². The van der Waals surface area contributed by atoms with Crippen LogP contribution in [0.2, 0.25) is 5.02 Å². The fourth-order valence-corrected chi connectivity index (χ4v) is 4.17. The molecule has 5 heteroatoms. The lowest BCUT2D eigenvalue weighted by Crippen LogP contribution is -2.41. The predicted molar refractivity (Wildman–Crippen MR) is 118 cm³/mol. The molecule has 0 saturated carbocycles. The number of fused-ring (bicyclic) bond motifs is 1. The summed E-state index contributed by atoms with van der Waals surface area (Å²) in [6.45, 7) is 4.32. The number of nitrogens with zero attached hydrogens (tertiary/aromatic N) is 1. The topological polar surface area (TPSA) is 57.6 Å². The number of rotatable bonds is 5. The first kappa shape index (κ1) is 20.3. The molecule has 30 heavy (non-hydrogen) atoms. The maximum Gasteiger partial charge on any atom is 0.264 e. The molecule has 0 bridgehead atoms. The van der Waals surface area contributed by atoms with Crippen LogP contribution in [0.15, 0.2) is 66.7 Å². The van der Waals surface area contributed by atoms with Crippen molar-refractivity contribution in [3.63, 3.8) is 0 Å². The van der Waals surface area contributed by atoms with Crippen molar-refractivity contribution in [1.29, 1.82) is 0 Å². The number of hydrogen-bond acceptors (Lipinski definition) is 3. The van der Waals surface area contributed by atoms with E-state index in [1.165, 1.54) is 0 Å². The molecular weight excluding hydrogens is 398 g/mol. The van der Waals surface area contributed by atoms with Gasteiger partial charge in [-0.2, -0.15) is 0 Å². The molecule has 0 saturated heterocycles. The zero-order chi connectivity index (χ0) is 21.5. The van der Waals surface area contributed by atoms with E-state index in [0.717, 1.165) is 16.7 Å². The lowest BCUT2D eigenvalue weighted by atomic mass is 9.88. The second kappa shape index (κ2) is 7.71. The zero-order valence-corrected chi connectivity index (χ0v) is 17.6. The van der Waals surface area contributed by atoms with Crippen LogP contribution in [0, 0.1) is 13.8 Å². The van der Waals surface area contributed by atoms with Crippen LogP contribution in [0.1, 0.15) is 39.0 Å². The summed E-state index contributed by atoms with van der Waals surface area (Å²) in [7, 11) is 0. The Morgan fingerprint density at radius 1 is 1.03 bits per heavy atom. The second-order valence-electron chi connectivity index (χ2n) is 7.81. The summed E-state index contributed by atoms with van der Waals surface area (Å²) in [4.78, 5) is 27.8. The summed E-state index contributed by atoms with van der Waals surface area (Å²) >= 11 is 6.18. The van der Waals surface area contributed by atoms with Gasteiger partial charge in [0.1, 0.15) is 0 Å². The fourth-order valence-electron chi connectivity index (χ4n) is 4.00. The number of amides is 1. The van der Waals surface area contributed by atoms with E-state index >= 15 is 0 Å². The van der Waals surface area contributed by atoms with Crippen molar-refractivity contribution in [2.24, 2.45) is 0 Å². The third kappa shape index (κ3) is 3.53. The number of halogens is 1. The van der Waals surface area contributed by atoms with Gasteiger partial charge in [-0.05, 0) is 43.2 Å². The molecule has 152 valence electrons. The molecule has 0 aliphatic carbocycles. The van der Waals surface area contributed by atoms with Gasteiger partial charge < -0.3 is 10.0 Å². The molecule has 0 fully saturated rings. The van der Waals surface area contributed by atoms with Crippen molar-refractivity contribution in [2.45, 2.75) is 32.4 Å². The molecule has 1 aliphatic rings. The number of aryl methyl sites for hydroxylation is 2. The number of benzene rings is 3. The normalized spacial score (nSPS) is 17.9. The van der Waals surface area contributed by atoms with Crippen LogP contribution >= 0.6 is 11.6 Å². The van der Waals surface area contributed by atoms with Crippen LogP contribution in [0.5, 0.6) is 0 Å². The van der Waals surface area contributed by atoms with Crippen LogP contribution in [-0.2, 0) is 16.9 Å². The van der Waals surface area contributed by atoms with Gasteiger partial charge in [-0.25, -0.2) is 0 Å². The Labute approximate surface area is 180 Å². The van der Waals surface area contributed by atoms with Crippen LogP contribution in [-0.4, -0.2) is 16.8 Å². The van der Waals surface area contributed by atoms with Gasteiger partial charge in [0.25, 0.3) is 5.91 Å². The third-order valence-corrected chi connectivity index (χ3v) is 5.87. The van der Waals surface area contributed by atoms with Gasteiger partial charge in [0.05, 0.1) is 18.7 Å². The standard InChI is InChI=1S/C25H22ClNO3/c1-16-8-9-19(17(2)12-16)15-27-22-11-10-20(26)13-21(22)25(30,24(27)29)14-23(28)18-6-4-3-5-7-18/h3-13,30H,14-15H2,1-2H3. The lowest BCUT2D eigenvalue weighted by molar-refractivity contribution is -0.136. The van der Waals surface area contributed by atoms with E-state index in [9.17, 15) is 14.7 Å². The Balaban J connectivity index is 1.73. The first-order valence-corrected chi connectivity index (χ1v) is 10.2. The van der Waals surface area contributed by atoms with Gasteiger partial charge in [-0.3, -0.25) is 9.59 Å². The maximum atomic E-state index is 13.4. The van der Waals surface area contributed by atoms with Gasteiger partial charge in [0, 0.05) is 16.1 Å². The van der Waals surface area contributed by atoms with Gasteiger partial charge >= 0.3 is 0 Å². The largest absolute Gasteiger partial charge is 0.375 e. The zero-order valence-electron chi connectivity index (χ0n) is 16.9. The Kier molecular flexibility index (Phi) is 5.22. The molecule has 1 unspecified atom stereocenters.